The average Bonchev–Trinajstić information content (AvgIpc) is 2.40. The molecule has 2 rings (SSSR count). The van der Waals surface area contributed by atoms with Crippen LogP contribution in [0.4, 0.5) is 0 Å². The van der Waals surface area contributed by atoms with Gasteiger partial charge in [0.25, 0.3) is 0 Å². The average molecular weight is 355 g/mol. The summed E-state index contributed by atoms with van der Waals surface area (Å²) in [6.07, 6.45) is 0.809. The van der Waals surface area contributed by atoms with Gasteiger partial charge in [0.1, 0.15) is 12.4 Å². The van der Waals surface area contributed by atoms with Crippen LogP contribution in [0.15, 0.2) is 46.9 Å². The summed E-state index contributed by atoms with van der Waals surface area (Å²) in [5.74, 6) is 0.823. The predicted molar refractivity (Wildman–Crippen MR) is 87.3 cm³/mol. The van der Waals surface area contributed by atoms with Crippen LogP contribution in [0, 0.1) is 0 Å². The van der Waals surface area contributed by atoms with Crippen LogP contribution in [-0.4, -0.2) is 6.04 Å². The van der Waals surface area contributed by atoms with Crippen LogP contribution >= 0.6 is 27.5 Å². The molecular formula is C16H17BrClNO. The minimum Gasteiger partial charge on any atom is -0.489 e. The predicted octanol–water partition coefficient (Wildman–Crippen LogP) is 4.57. The minimum atomic E-state index is 0.116. The molecule has 20 heavy (non-hydrogen) atoms. The number of nitrogens with two attached hydrogens (primary N) is 1. The van der Waals surface area contributed by atoms with E-state index in [1.165, 1.54) is 0 Å². The molecule has 4 heteroatoms. The number of hydrogen-bond donors (Lipinski definition) is 1. The first-order chi connectivity index (χ1) is 9.56. The summed E-state index contributed by atoms with van der Waals surface area (Å²) in [5, 5.41) is 0.723. The van der Waals surface area contributed by atoms with Crippen LogP contribution in [0.25, 0.3) is 0 Å². The summed E-state index contributed by atoms with van der Waals surface area (Å²) in [4.78, 5) is 0. The zero-order valence-corrected chi connectivity index (χ0v) is 13.6. The lowest BCUT2D eigenvalue weighted by atomic mass is 10.1. The van der Waals surface area contributed by atoms with Crippen LogP contribution in [0.5, 0.6) is 5.75 Å². The lowest BCUT2D eigenvalue weighted by Gasteiger charge is -2.12. The SMILES string of the molecule is CC(N)Cc1cc(OCc2ccccc2Cl)ccc1Br. The van der Waals surface area contributed by atoms with E-state index in [1.54, 1.807) is 0 Å². The highest BCUT2D eigenvalue weighted by atomic mass is 79.9. The van der Waals surface area contributed by atoms with E-state index < -0.39 is 0 Å². The molecule has 0 radical (unpaired) electrons. The fraction of sp³-hybridized carbons (Fsp3) is 0.250. The maximum atomic E-state index is 6.11. The van der Waals surface area contributed by atoms with Crippen molar-refractivity contribution in [2.45, 2.75) is 26.0 Å². The molecule has 0 spiro atoms. The first kappa shape index (κ1) is 15.4. The summed E-state index contributed by atoms with van der Waals surface area (Å²) in [5.41, 5.74) is 7.98. The van der Waals surface area contributed by atoms with E-state index in [-0.39, 0.29) is 6.04 Å². The van der Waals surface area contributed by atoms with Gasteiger partial charge in [0, 0.05) is 21.1 Å². The number of rotatable bonds is 5. The van der Waals surface area contributed by atoms with Crippen LogP contribution in [0.2, 0.25) is 5.02 Å². The summed E-state index contributed by atoms with van der Waals surface area (Å²) < 4.78 is 6.86. The van der Waals surface area contributed by atoms with Gasteiger partial charge in [-0.15, -0.1) is 0 Å². The summed E-state index contributed by atoms with van der Waals surface area (Å²) in [6, 6.07) is 13.7. The highest BCUT2D eigenvalue weighted by Gasteiger charge is 2.06. The molecule has 0 aliphatic heterocycles. The Bertz CT molecular complexity index is 586. The molecule has 2 N–H and O–H groups in total. The third-order valence-corrected chi connectivity index (χ3v) is 4.05. The molecule has 0 bridgehead atoms. The number of hydrogen-bond acceptors (Lipinski definition) is 2. The Balaban J connectivity index is 2.08. The highest BCUT2D eigenvalue weighted by molar-refractivity contribution is 9.10. The zero-order chi connectivity index (χ0) is 14.5. The molecule has 0 saturated carbocycles. The van der Waals surface area contributed by atoms with Crippen molar-refractivity contribution in [2.75, 3.05) is 0 Å². The maximum Gasteiger partial charge on any atom is 0.120 e. The molecule has 0 saturated heterocycles. The largest absolute Gasteiger partial charge is 0.489 e. The van der Waals surface area contributed by atoms with Gasteiger partial charge < -0.3 is 10.5 Å². The van der Waals surface area contributed by atoms with Gasteiger partial charge >= 0.3 is 0 Å². The van der Waals surface area contributed by atoms with Crippen molar-refractivity contribution in [3.8, 4) is 5.75 Å². The van der Waals surface area contributed by atoms with Crippen molar-refractivity contribution in [1.82, 2.24) is 0 Å². The van der Waals surface area contributed by atoms with E-state index in [2.05, 4.69) is 15.9 Å². The molecule has 2 nitrogen and oxygen atoms in total. The van der Waals surface area contributed by atoms with Crippen LogP contribution in [-0.2, 0) is 13.0 Å². The van der Waals surface area contributed by atoms with Crippen LogP contribution in [0.1, 0.15) is 18.1 Å². The maximum absolute atomic E-state index is 6.11. The first-order valence-electron chi connectivity index (χ1n) is 6.46. The van der Waals surface area contributed by atoms with Crippen molar-refractivity contribution < 1.29 is 4.74 Å². The van der Waals surface area contributed by atoms with E-state index in [0.717, 1.165) is 32.8 Å². The molecule has 0 aliphatic carbocycles. The topological polar surface area (TPSA) is 35.2 Å². The Morgan fingerprint density at radius 3 is 2.65 bits per heavy atom. The Morgan fingerprint density at radius 1 is 1.20 bits per heavy atom. The molecule has 106 valence electrons. The number of benzene rings is 2. The summed E-state index contributed by atoms with van der Waals surface area (Å²) >= 11 is 9.65. The Labute approximate surface area is 133 Å². The molecular weight excluding hydrogens is 338 g/mol. The van der Waals surface area contributed by atoms with E-state index in [9.17, 15) is 0 Å². The Morgan fingerprint density at radius 2 is 1.95 bits per heavy atom. The van der Waals surface area contributed by atoms with Crippen molar-refractivity contribution in [3.63, 3.8) is 0 Å². The highest BCUT2D eigenvalue weighted by Crippen LogP contribution is 2.25. The fourth-order valence-electron chi connectivity index (χ4n) is 1.92. The van der Waals surface area contributed by atoms with E-state index in [4.69, 9.17) is 22.1 Å². The fourth-order valence-corrected chi connectivity index (χ4v) is 2.52. The van der Waals surface area contributed by atoms with Gasteiger partial charge in [0.15, 0.2) is 0 Å². The molecule has 0 aromatic heterocycles. The molecule has 0 aliphatic rings. The van der Waals surface area contributed by atoms with Gasteiger partial charge in [-0.1, -0.05) is 45.7 Å². The number of halogens is 2. The molecule has 2 aromatic rings. The lowest BCUT2D eigenvalue weighted by molar-refractivity contribution is 0.306. The van der Waals surface area contributed by atoms with Gasteiger partial charge in [0.2, 0.25) is 0 Å². The van der Waals surface area contributed by atoms with Gasteiger partial charge in [-0.05, 0) is 43.2 Å². The third-order valence-electron chi connectivity index (χ3n) is 2.91. The smallest absolute Gasteiger partial charge is 0.120 e. The molecule has 1 atom stereocenters. The standard InChI is InChI=1S/C16H17BrClNO/c1-11(19)8-13-9-14(6-7-15(13)17)20-10-12-4-2-3-5-16(12)18/h2-7,9,11H,8,10,19H2,1H3. The Hall–Kier alpha value is -1.03. The molecule has 0 heterocycles. The van der Waals surface area contributed by atoms with Crippen molar-refractivity contribution >= 4 is 27.5 Å². The second-order valence-electron chi connectivity index (χ2n) is 4.81. The van der Waals surface area contributed by atoms with Gasteiger partial charge in [-0.2, -0.15) is 0 Å². The monoisotopic (exact) mass is 353 g/mol. The van der Waals surface area contributed by atoms with E-state index in [0.29, 0.717) is 6.61 Å². The number of ether oxygens (including phenoxy) is 1. The van der Waals surface area contributed by atoms with Gasteiger partial charge in [-0.3, -0.25) is 0 Å². The van der Waals surface area contributed by atoms with Crippen LogP contribution < -0.4 is 10.5 Å². The summed E-state index contributed by atoms with van der Waals surface area (Å²) in [6.45, 7) is 2.45. The lowest BCUT2D eigenvalue weighted by Crippen LogP contribution is -2.18. The minimum absolute atomic E-state index is 0.116. The Kier molecular flexibility index (Phi) is 5.46. The van der Waals surface area contributed by atoms with Crippen molar-refractivity contribution in [1.29, 1.82) is 0 Å². The van der Waals surface area contributed by atoms with E-state index >= 15 is 0 Å². The quantitative estimate of drug-likeness (QED) is 0.853. The molecule has 1 unspecified atom stereocenters. The molecule has 0 fully saturated rings. The van der Waals surface area contributed by atoms with Crippen LogP contribution in [0.3, 0.4) is 0 Å². The second kappa shape index (κ2) is 7.11. The van der Waals surface area contributed by atoms with Gasteiger partial charge in [0.05, 0.1) is 0 Å². The zero-order valence-electron chi connectivity index (χ0n) is 11.3. The molecule has 2 aromatic carbocycles. The normalized spacial score (nSPS) is 12.2. The van der Waals surface area contributed by atoms with Crippen molar-refractivity contribution in [2.24, 2.45) is 5.73 Å². The van der Waals surface area contributed by atoms with E-state index in [1.807, 2.05) is 49.4 Å². The second-order valence-corrected chi connectivity index (χ2v) is 6.08. The third kappa shape index (κ3) is 4.23. The van der Waals surface area contributed by atoms with Crippen molar-refractivity contribution in [3.05, 3.63) is 63.1 Å². The first-order valence-corrected chi connectivity index (χ1v) is 7.63. The summed E-state index contributed by atoms with van der Waals surface area (Å²) in [7, 11) is 0. The molecule has 0 amide bonds. The van der Waals surface area contributed by atoms with Gasteiger partial charge in [-0.25, -0.2) is 0 Å².